The summed E-state index contributed by atoms with van der Waals surface area (Å²) in [6, 6.07) is 11.8. The summed E-state index contributed by atoms with van der Waals surface area (Å²) in [5.41, 5.74) is 3.09. The molecular formula is C30H43N. The molecule has 0 atom stereocenters. The fourth-order valence-corrected chi connectivity index (χ4v) is 5.56. The van der Waals surface area contributed by atoms with E-state index in [1.54, 1.807) is 11.6 Å². The third kappa shape index (κ3) is 8.33. The molecule has 0 aliphatic heterocycles. The number of benzene rings is 1. The molecule has 2 aliphatic rings. The zero-order valence-corrected chi connectivity index (χ0v) is 19.8. The predicted molar refractivity (Wildman–Crippen MR) is 133 cm³/mol. The van der Waals surface area contributed by atoms with Crippen molar-refractivity contribution in [3.8, 4) is 6.07 Å². The van der Waals surface area contributed by atoms with E-state index in [1.165, 1.54) is 95.5 Å². The number of unbranched alkanes of at least 4 members (excludes halogenated alkanes) is 4. The van der Waals surface area contributed by atoms with Crippen LogP contribution >= 0.6 is 0 Å². The molecule has 3 rings (SSSR count). The summed E-state index contributed by atoms with van der Waals surface area (Å²) in [4.78, 5) is 0. The van der Waals surface area contributed by atoms with Crippen LogP contribution in [0.1, 0.15) is 107 Å². The number of nitriles is 1. The Bertz CT molecular complexity index is 704. The van der Waals surface area contributed by atoms with Gasteiger partial charge < -0.3 is 0 Å². The summed E-state index contributed by atoms with van der Waals surface area (Å²) in [6.45, 7) is 2.28. The van der Waals surface area contributed by atoms with Crippen LogP contribution in [0.5, 0.6) is 0 Å². The molecule has 0 N–H and O–H groups in total. The van der Waals surface area contributed by atoms with Crippen molar-refractivity contribution in [1.29, 1.82) is 5.26 Å². The normalized spacial score (nSPS) is 27.0. The largest absolute Gasteiger partial charge is 0.193 e. The molecule has 0 spiro atoms. The Kier molecular flexibility index (Phi) is 10.4. The Morgan fingerprint density at radius 1 is 0.742 bits per heavy atom. The van der Waals surface area contributed by atoms with Crippen molar-refractivity contribution in [2.45, 2.75) is 103 Å². The fraction of sp³-hybridized carbons (Fsp3) is 0.633. The second kappa shape index (κ2) is 13.6. The summed E-state index contributed by atoms with van der Waals surface area (Å²) in [6.07, 6.45) is 27.4. The Hall–Kier alpha value is -1.81. The second-order valence-electron chi connectivity index (χ2n) is 10.1. The minimum Gasteiger partial charge on any atom is -0.193 e. The van der Waals surface area contributed by atoms with Gasteiger partial charge in [-0.1, -0.05) is 75.1 Å². The molecule has 1 nitrogen and oxygen atoms in total. The van der Waals surface area contributed by atoms with Crippen LogP contribution in [0.15, 0.2) is 48.6 Å². The van der Waals surface area contributed by atoms with Gasteiger partial charge in [0, 0.05) is 6.08 Å². The smallest absolute Gasteiger partial charge is 0.0908 e. The average molecular weight is 418 g/mol. The summed E-state index contributed by atoms with van der Waals surface area (Å²) >= 11 is 0. The number of hydrogen-bond acceptors (Lipinski definition) is 1. The van der Waals surface area contributed by atoms with Gasteiger partial charge in [0.1, 0.15) is 0 Å². The molecule has 1 heteroatoms. The first-order chi connectivity index (χ1) is 15.3. The molecule has 2 fully saturated rings. The molecule has 0 bridgehead atoms. The van der Waals surface area contributed by atoms with Gasteiger partial charge in [-0.25, -0.2) is 0 Å². The van der Waals surface area contributed by atoms with E-state index >= 15 is 0 Å². The number of hydrogen-bond donors (Lipinski definition) is 0. The summed E-state index contributed by atoms with van der Waals surface area (Å²) in [7, 11) is 0. The Morgan fingerprint density at radius 2 is 1.29 bits per heavy atom. The van der Waals surface area contributed by atoms with Crippen LogP contribution in [0.4, 0.5) is 0 Å². The highest BCUT2D eigenvalue weighted by Gasteiger charge is 2.22. The SMILES string of the molecule is CCCCCCCc1ccc(C2CCC(C=CC3CCC(C=CC#N)CC3)CC2)cc1. The van der Waals surface area contributed by atoms with Crippen LogP contribution in [-0.4, -0.2) is 0 Å². The van der Waals surface area contributed by atoms with Crippen molar-refractivity contribution >= 4 is 0 Å². The molecular weight excluding hydrogens is 374 g/mol. The van der Waals surface area contributed by atoms with E-state index in [0.717, 1.165) is 17.8 Å². The highest BCUT2D eigenvalue weighted by Crippen LogP contribution is 2.37. The van der Waals surface area contributed by atoms with Crippen LogP contribution in [0.3, 0.4) is 0 Å². The van der Waals surface area contributed by atoms with Crippen LogP contribution in [0.25, 0.3) is 0 Å². The van der Waals surface area contributed by atoms with E-state index in [9.17, 15) is 0 Å². The molecule has 0 heterocycles. The Balaban J connectivity index is 1.35. The van der Waals surface area contributed by atoms with Gasteiger partial charge in [-0.05, 0) is 99.0 Å². The zero-order valence-electron chi connectivity index (χ0n) is 19.8. The average Bonchev–Trinajstić information content (AvgIpc) is 2.83. The van der Waals surface area contributed by atoms with E-state index in [-0.39, 0.29) is 0 Å². The molecule has 31 heavy (non-hydrogen) atoms. The van der Waals surface area contributed by atoms with Crippen LogP contribution in [0.2, 0.25) is 0 Å². The minimum absolute atomic E-state index is 0.632. The first kappa shape index (κ1) is 23.8. The Morgan fingerprint density at radius 3 is 1.87 bits per heavy atom. The lowest BCUT2D eigenvalue weighted by Crippen LogP contribution is -2.14. The first-order valence-corrected chi connectivity index (χ1v) is 13.1. The van der Waals surface area contributed by atoms with Crippen LogP contribution in [0, 0.1) is 29.1 Å². The number of nitrogens with zero attached hydrogens (tertiary/aromatic N) is 1. The van der Waals surface area contributed by atoms with E-state index in [1.807, 2.05) is 0 Å². The van der Waals surface area contributed by atoms with Gasteiger partial charge in [0.15, 0.2) is 0 Å². The summed E-state index contributed by atoms with van der Waals surface area (Å²) in [5, 5.41) is 8.69. The fourth-order valence-electron chi connectivity index (χ4n) is 5.56. The van der Waals surface area contributed by atoms with Crippen molar-refractivity contribution < 1.29 is 0 Å². The maximum atomic E-state index is 8.69. The van der Waals surface area contributed by atoms with E-state index < -0.39 is 0 Å². The Labute approximate surface area is 191 Å². The minimum atomic E-state index is 0.632. The lowest BCUT2D eigenvalue weighted by molar-refractivity contribution is 0.348. The highest BCUT2D eigenvalue weighted by molar-refractivity contribution is 5.26. The predicted octanol–water partition coefficient (Wildman–Crippen LogP) is 8.92. The standard InChI is InChI=1S/C30H43N/c1-2-3-4-5-6-8-25-16-20-29(21-17-25)30-22-18-28(19-23-30)15-14-27-12-10-26(11-13-27)9-7-24-31/h7,9,14-17,20-21,26-28,30H,2-6,8,10-13,18-19,22-23H2,1H3. The third-order valence-electron chi connectivity index (χ3n) is 7.71. The monoisotopic (exact) mass is 417 g/mol. The second-order valence-corrected chi connectivity index (χ2v) is 10.1. The molecule has 0 radical (unpaired) electrons. The van der Waals surface area contributed by atoms with E-state index in [4.69, 9.17) is 5.26 Å². The van der Waals surface area contributed by atoms with Gasteiger partial charge in [-0.15, -0.1) is 0 Å². The molecule has 0 saturated heterocycles. The molecule has 1 aromatic carbocycles. The molecule has 0 unspecified atom stereocenters. The molecule has 0 aromatic heterocycles. The topological polar surface area (TPSA) is 23.8 Å². The number of allylic oxidation sites excluding steroid dienone is 4. The molecule has 0 amide bonds. The van der Waals surface area contributed by atoms with Gasteiger partial charge in [0.2, 0.25) is 0 Å². The quantitative estimate of drug-likeness (QED) is 0.212. The molecule has 2 aliphatic carbocycles. The third-order valence-corrected chi connectivity index (χ3v) is 7.71. The van der Waals surface area contributed by atoms with Crippen molar-refractivity contribution in [3.05, 3.63) is 59.7 Å². The number of aryl methyl sites for hydroxylation is 1. The van der Waals surface area contributed by atoms with Gasteiger partial charge in [0.25, 0.3) is 0 Å². The summed E-state index contributed by atoms with van der Waals surface area (Å²) in [5.74, 6) is 2.95. The van der Waals surface area contributed by atoms with Crippen molar-refractivity contribution in [1.82, 2.24) is 0 Å². The van der Waals surface area contributed by atoms with Crippen molar-refractivity contribution in [2.75, 3.05) is 0 Å². The van der Waals surface area contributed by atoms with E-state index in [2.05, 4.69) is 55.5 Å². The first-order valence-electron chi connectivity index (χ1n) is 13.1. The van der Waals surface area contributed by atoms with Gasteiger partial charge >= 0.3 is 0 Å². The van der Waals surface area contributed by atoms with Gasteiger partial charge in [-0.2, -0.15) is 5.26 Å². The maximum absolute atomic E-state index is 8.69. The highest BCUT2D eigenvalue weighted by atomic mass is 14.3. The van der Waals surface area contributed by atoms with Gasteiger partial charge in [-0.3, -0.25) is 0 Å². The zero-order chi connectivity index (χ0) is 21.7. The lowest BCUT2D eigenvalue weighted by atomic mass is 9.77. The summed E-state index contributed by atoms with van der Waals surface area (Å²) < 4.78 is 0. The van der Waals surface area contributed by atoms with Crippen LogP contribution in [-0.2, 0) is 6.42 Å². The van der Waals surface area contributed by atoms with Crippen LogP contribution < -0.4 is 0 Å². The molecule has 1 aromatic rings. The van der Waals surface area contributed by atoms with E-state index in [0.29, 0.717) is 5.92 Å². The van der Waals surface area contributed by atoms with Gasteiger partial charge in [0.05, 0.1) is 6.07 Å². The van der Waals surface area contributed by atoms with Crippen molar-refractivity contribution in [2.24, 2.45) is 17.8 Å². The lowest BCUT2D eigenvalue weighted by Gasteiger charge is -2.28. The van der Waals surface area contributed by atoms with Crippen molar-refractivity contribution in [3.63, 3.8) is 0 Å². The molecule has 168 valence electrons. The molecule has 2 saturated carbocycles. The maximum Gasteiger partial charge on any atom is 0.0908 e. The number of rotatable bonds is 10.